The molecule has 1 N–H and O–H groups in total. The maximum atomic E-state index is 12.7. The number of carbonyl (C=O) groups is 2. The summed E-state index contributed by atoms with van der Waals surface area (Å²) in [5.41, 5.74) is 1.07. The van der Waals surface area contributed by atoms with Gasteiger partial charge in [-0.1, -0.05) is 37.3 Å². The minimum absolute atomic E-state index is 0.0373. The molecule has 22 heavy (non-hydrogen) atoms. The Balaban J connectivity index is 1.95. The molecule has 0 radical (unpaired) electrons. The molecule has 0 aliphatic carbocycles. The highest BCUT2D eigenvalue weighted by Crippen LogP contribution is 2.22. The lowest BCUT2D eigenvalue weighted by atomic mass is 9.95. The standard InChI is InChI=1S/C17H25N3O2/c1-3-15(14-8-6-5-7-9-14)16(21)19-10-12-20(13-11-19)17(22)18-4-2/h5-9,15H,3-4,10-13H2,1-2H3,(H,18,22). The SMILES string of the molecule is CCNC(=O)N1CCN(C(=O)C(CC)c2ccccc2)CC1. The Morgan fingerprint density at radius 3 is 2.18 bits per heavy atom. The van der Waals surface area contributed by atoms with Crippen molar-refractivity contribution >= 4 is 11.9 Å². The van der Waals surface area contributed by atoms with Crippen LogP contribution in [0.2, 0.25) is 0 Å². The van der Waals surface area contributed by atoms with Gasteiger partial charge in [-0.3, -0.25) is 4.79 Å². The Bertz CT molecular complexity index is 496. The van der Waals surface area contributed by atoms with Gasteiger partial charge in [0.05, 0.1) is 5.92 Å². The first-order valence-corrected chi connectivity index (χ1v) is 8.03. The van der Waals surface area contributed by atoms with E-state index in [4.69, 9.17) is 0 Å². The molecule has 1 aliphatic rings. The number of rotatable bonds is 4. The monoisotopic (exact) mass is 303 g/mol. The van der Waals surface area contributed by atoms with Crippen molar-refractivity contribution in [3.05, 3.63) is 35.9 Å². The maximum Gasteiger partial charge on any atom is 0.317 e. The second-order valence-electron chi connectivity index (χ2n) is 5.52. The van der Waals surface area contributed by atoms with Gasteiger partial charge in [-0.2, -0.15) is 0 Å². The number of hydrogen-bond acceptors (Lipinski definition) is 2. The first-order valence-electron chi connectivity index (χ1n) is 8.03. The summed E-state index contributed by atoms with van der Waals surface area (Å²) >= 11 is 0. The third-order valence-electron chi connectivity index (χ3n) is 4.11. The summed E-state index contributed by atoms with van der Waals surface area (Å²) in [6.07, 6.45) is 0.791. The van der Waals surface area contributed by atoms with Crippen LogP contribution in [0.1, 0.15) is 31.7 Å². The van der Waals surface area contributed by atoms with Crippen LogP contribution < -0.4 is 5.32 Å². The van der Waals surface area contributed by atoms with E-state index >= 15 is 0 Å². The average molecular weight is 303 g/mol. The molecule has 0 bridgehead atoms. The van der Waals surface area contributed by atoms with Crippen molar-refractivity contribution in [3.63, 3.8) is 0 Å². The minimum Gasteiger partial charge on any atom is -0.339 e. The largest absolute Gasteiger partial charge is 0.339 e. The van der Waals surface area contributed by atoms with Gasteiger partial charge in [0, 0.05) is 32.7 Å². The summed E-state index contributed by atoms with van der Waals surface area (Å²) in [6.45, 7) is 7.00. The molecule has 1 saturated heterocycles. The molecule has 1 aliphatic heterocycles. The molecule has 1 atom stereocenters. The van der Waals surface area contributed by atoms with Crippen LogP contribution in [0, 0.1) is 0 Å². The number of carbonyl (C=O) groups excluding carboxylic acids is 2. The fourth-order valence-electron chi connectivity index (χ4n) is 2.85. The van der Waals surface area contributed by atoms with Crippen LogP contribution in [0.25, 0.3) is 0 Å². The summed E-state index contributed by atoms with van der Waals surface area (Å²) in [7, 11) is 0. The van der Waals surface area contributed by atoms with E-state index in [0.29, 0.717) is 32.7 Å². The highest BCUT2D eigenvalue weighted by Gasteiger charge is 2.28. The van der Waals surface area contributed by atoms with Gasteiger partial charge in [0.25, 0.3) is 0 Å². The first-order chi connectivity index (χ1) is 10.7. The smallest absolute Gasteiger partial charge is 0.317 e. The number of hydrogen-bond donors (Lipinski definition) is 1. The average Bonchev–Trinajstić information content (AvgIpc) is 2.57. The summed E-state index contributed by atoms with van der Waals surface area (Å²) in [5, 5.41) is 2.80. The second kappa shape index (κ2) is 7.82. The van der Waals surface area contributed by atoms with E-state index in [-0.39, 0.29) is 17.9 Å². The van der Waals surface area contributed by atoms with Gasteiger partial charge in [-0.15, -0.1) is 0 Å². The Kier molecular flexibility index (Phi) is 5.81. The summed E-state index contributed by atoms with van der Waals surface area (Å²) in [4.78, 5) is 28.2. The molecule has 0 aromatic heterocycles. The summed E-state index contributed by atoms with van der Waals surface area (Å²) < 4.78 is 0. The molecular formula is C17H25N3O2. The van der Waals surface area contributed by atoms with E-state index in [1.54, 1.807) is 4.90 Å². The van der Waals surface area contributed by atoms with Crippen LogP contribution in [-0.4, -0.2) is 54.5 Å². The van der Waals surface area contributed by atoms with E-state index in [0.717, 1.165) is 12.0 Å². The predicted octanol–water partition coefficient (Wildman–Crippen LogP) is 2.05. The summed E-state index contributed by atoms with van der Waals surface area (Å²) in [5.74, 6) is 0.0847. The topological polar surface area (TPSA) is 52.7 Å². The van der Waals surface area contributed by atoms with Crippen LogP contribution in [0.4, 0.5) is 4.79 Å². The molecule has 5 nitrogen and oxygen atoms in total. The van der Waals surface area contributed by atoms with Crippen molar-refractivity contribution in [3.8, 4) is 0 Å². The summed E-state index contributed by atoms with van der Waals surface area (Å²) in [6, 6.07) is 9.89. The van der Waals surface area contributed by atoms with E-state index in [1.807, 2.05) is 49.1 Å². The van der Waals surface area contributed by atoms with E-state index in [2.05, 4.69) is 5.32 Å². The third kappa shape index (κ3) is 3.78. The molecule has 1 fully saturated rings. The molecule has 1 unspecified atom stereocenters. The Hall–Kier alpha value is -2.04. The Morgan fingerprint density at radius 2 is 1.64 bits per heavy atom. The Labute approximate surface area is 132 Å². The Morgan fingerprint density at radius 1 is 1.05 bits per heavy atom. The van der Waals surface area contributed by atoms with Crippen molar-refractivity contribution in [2.24, 2.45) is 0 Å². The quantitative estimate of drug-likeness (QED) is 0.925. The number of amides is 3. The van der Waals surface area contributed by atoms with E-state index < -0.39 is 0 Å². The fourth-order valence-corrected chi connectivity index (χ4v) is 2.85. The maximum absolute atomic E-state index is 12.7. The van der Waals surface area contributed by atoms with Crippen LogP contribution >= 0.6 is 0 Å². The lowest BCUT2D eigenvalue weighted by molar-refractivity contribution is -0.134. The van der Waals surface area contributed by atoms with Crippen molar-refractivity contribution in [1.82, 2.24) is 15.1 Å². The van der Waals surface area contributed by atoms with Gasteiger partial charge < -0.3 is 15.1 Å². The zero-order valence-corrected chi connectivity index (χ0v) is 13.4. The van der Waals surface area contributed by atoms with Crippen LogP contribution in [0.3, 0.4) is 0 Å². The van der Waals surface area contributed by atoms with Gasteiger partial charge in [0.2, 0.25) is 5.91 Å². The fraction of sp³-hybridized carbons (Fsp3) is 0.529. The molecule has 1 aromatic rings. The number of nitrogens with one attached hydrogen (secondary N) is 1. The highest BCUT2D eigenvalue weighted by molar-refractivity contribution is 5.84. The van der Waals surface area contributed by atoms with Gasteiger partial charge in [0.15, 0.2) is 0 Å². The third-order valence-corrected chi connectivity index (χ3v) is 4.11. The number of nitrogens with zero attached hydrogens (tertiary/aromatic N) is 2. The number of piperazine rings is 1. The van der Waals surface area contributed by atoms with Crippen molar-refractivity contribution in [1.29, 1.82) is 0 Å². The zero-order chi connectivity index (χ0) is 15.9. The number of benzene rings is 1. The van der Waals surface area contributed by atoms with Gasteiger partial charge in [-0.25, -0.2) is 4.79 Å². The highest BCUT2D eigenvalue weighted by atomic mass is 16.2. The molecule has 2 rings (SSSR count). The number of urea groups is 1. The zero-order valence-electron chi connectivity index (χ0n) is 13.4. The van der Waals surface area contributed by atoms with Gasteiger partial charge in [0.1, 0.15) is 0 Å². The lowest BCUT2D eigenvalue weighted by Crippen LogP contribution is -2.53. The molecule has 120 valence electrons. The van der Waals surface area contributed by atoms with Crippen molar-refractivity contribution in [2.75, 3.05) is 32.7 Å². The molecular weight excluding hydrogens is 278 g/mol. The van der Waals surface area contributed by atoms with Crippen molar-refractivity contribution in [2.45, 2.75) is 26.2 Å². The van der Waals surface area contributed by atoms with Gasteiger partial charge in [-0.05, 0) is 18.9 Å². The van der Waals surface area contributed by atoms with Gasteiger partial charge >= 0.3 is 6.03 Å². The molecule has 0 spiro atoms. The predicted molar refractivity (Wildman–Crippen MR) is 86.7 cm³/mol. The second-order valence-corrected chi connectivity index (χ2v) is 5.52. The van der Waals surface area contributed by atoms with E-state index in [9.17, 15) is 9.59 Å². The molecule has 0 saturated carbocycles. The molecule has 1 heterocycles. The molecule has 5 heteroatoms. The van der Waals surface area contributed by atoms with Crippen LogP contribution in [-0.2, 0) is 4.79 Å². The van der Waals surface area contributed by atoms with Crippen molar-refractivity contribution < 1.29 is 9.59 Å². The van der Waals surface area contributed by atoms with Crippen LogP contribution in [0.5, 0.6) is 0 Å². The molecule has 1 aromatic carbocycles. The minimum atomic E-state index is -0.0859. The first kappa shape index (κ1) is 16.3. The van der Waals surface area contributed by atoms with E-state index in [1.165, 1.54) is 0 Å². The normalized spacial score (nSPS) is 16.3. The molecule has 3 amide bonds. The lowest BCUT2D eigenvalue weighted by Gasteiger charge is -2.36. The van der Waals surface area contributed by atoms with Crippen LogP contribution in [0.15, 0.2) is 30.3 Å².